The molecule has 0 spiro atoms. The third-order valence-corrected chi connectivity index (χ3v) is 4.61. The molecule has 1 aromatic carbocycles. The molecule has 6 heteroatoms. The molecule has 4 nitrogen and oxygen atoms in total. The predicted octanol–water partition coefficient (Wildman–Crippen LogP) is 3.92. The zero-order chi connectivity index (χ0) is 18.2. The number of benzene rings is 1. The number of hydrogen-bond donors (Lipinski definition) is 0. The van der Waals surface area contributed by atoms with Crippen molar-refractivity contribution in [1.29, 1.82) is 0 Å². The normalized spacial score (nSPS) is 11.2. The van der Waals surface area contributed by atoms with Gasteiger partial charge in [0, 0.05) is 28.9 Å². The standard InChI is InChI=1S/C18H20Cl2N2O2/c1-10-16(15(23)9-21(3)4)11(2)22(5)17(10)18(24)13-7-6-12(19)8-14(13)20/h6-8H,9H2,1-5H3. The summed E-state index contributed by atoms with van der Waals surface area (Å²) in [5, 5.41) is 0.769. The van der Waals surface area contributed by atoms with Gasteiger partial charge in [0.1, 0.15) is 0 Å². The summed E-state index contributed by atoms with van der Waals surface area (Å²) in [7, 11) is 5.46. The van der Waals surface area contributed by atoms with Crippen LogP contribution in [-0.4, -0.2) is 41.7 Å². The Hall–Kier alpha value is -1.62. The molecule has 0 amide bonds. The van der Waals surface area contributed by atoms with Crippen molar-refractivity contribution >= 4 is 34.8 Å². The first kappa shape index (κ1) is 18.7. The fourth-order valence-electron chi connectivity index (χ4n) is 2.88. The molecule has 128 valence electrons. The number of ketones is 2. The molecule has 0 fully saturated rings. The van der Waals surface area contributed by atoms with Gasteiger partial charge in [0.15, 0.2) is 5.78 Å². The van der Waals surface area contributed by atoms with Crippen molar-refractivity contribution in [1.82, 2.24) is 9.47 Å². The highest BCUT2D eigenvalue weighted by molar-refractivity contribution is 6.37. The molecule has 2 rings (SSSR count). The molecule has 0 atom stereocenters. The van der Waals surface area contributed by atoms with E-state index in [0.29, 0.717) is 39.0 Å². The van der Waals surface area contributed by atoms with Crippen molar-refractivity contribution in [2.45, 2.75) is 13.8 Å². The fourth-order valence-corrected chi connectivity index (χ4v) is 3.37. The molecule has 24 heavy (non-hydrogen) atoms. The molecule has 0 aliphatic heterocycles. The number of aromatic nitrogens is 1. The third-order valence-electron chi connectivity index (χ3n) is 4.06. The maximum absolute atomic E-state index is 13.0. The molecule has 1 aromatic heterocycles. The third kappa shape index (κ3) is 3.41. The number of likely N-dealkylation sites (N-methyl/N-ethyl adjacent to an activating group) is 1. The minimum absolute atomic E-state index is 0.00754. The summed E-state index contributed by atoms with van der Waals surface area (Å²) in [4.78, 5) is 27.3. The van der Waals surface area contributed by atoms with Crippen LogP contribution in [0.1, 0.15) is 37.7 Å². The van der Waals surface area contributed by atoms with Crippen molar-refractivity contribution in [2.24, 2.45) is 7.05 Å². The Morgan fingerprint density at radius 1 is 1.17 bits per heavy atom. The van der Waals surface area contributed by atoms with Crippen molar-refractivity contribution in [3.8, 4) is 0 Å². The zero-order valence-corrected chi connectivity index (χ0v) is 15.9. The van der Waals surface area contributed by atoms with E-state index in [1.807, 2.05) is 25.9 Å². The van der Waals surface area contributed by atoms with Crippen molar-refractivity contribution in [2.75, 3.05) is 20.6 Å². The Morgan fingerprint density at radius 2 is 1.79 bits per heavy atom. The lowest BCUT2D eigenvalue weighted by molar-refractivity contribution is 0.0956. The van der Waals surface area contributed by atoms with E-state index in [-0.39, 0.29) is 11.6 Å². The van der Waals surface area contributed by atoms with Gasteiger partial charge in [-0.1, -0.05) is 23.2 Å². The van der Waals surface area contributed by atoms with Gasteiger partial charge in [-0.05, 0) is 51.7 Å². The largest absolute Gasteiger partial charge is 0.344 e. The highest BCUT2D eigenvalue weighted by Crippen LogP contribution is 2.28. The van der Waals surface area contributed by atoms with Crippen LogP contribution in [0.4, 0.5) is 0 Å². The van der Waals surface area contributed by atoms with Gasteiger partial charge < -0.3 is 9.47 Å². The first-order valence-corrected chi connectivity index (χ1v) is 8.24. The van der Waals surface area contributed by atoms with Gasteiger partial charge in [-0.25, -0.2) is 0 Å². The van der Waals surface area contributed by atoms with Crippen LogP contribution in [0.25, 0.3) is 0 Å². The van der Waals surface area contributed by atoms with Crippen LogP contribution in [0.3, 0.4) is 0 Å². The molecule has 0 radical (unpaired) electrons. The smallest absolute Gasteiger partial charge is 0.211 e. The molecule has 0 N–H and O–H groups in total. The minimum atomic E-state index is -0.219. The summed E-state index contributed by atoms with van der Waals surface area (Å²) in [6.45, 7) is 3.93. The minimum Gasteiger partial charge on any atom is -0.344 e. The van der Waals surface area contributed by atoms with Crippen LogP contribution in [0.15, 0.2) is 18.2 Å². The van der Waals surface area contributed by atoms with Crippen LogP contribution in [-0.2, 0) is 7.05 Å². The zero-order valence-electron chi connectivity index (χ0n) is 14.4. The van der Waals surface area contributed by atoms with Crippen molar-refractivity contribution in [3.63, 3.8) is 0 Å². The Morgan fingerprint density at radius 3 is 2.33 bits per heavy atom. The maximum atomic E-state index is 13.0. The van der Waals surface area contributed by atoms with Gasteiger partial charge in [0.2, 0.25) is 5.78 Å². The summed E-state index contributed by atoms with van der Waals surface area (Å²) in [6, 6.07) is 4.78. The lowest BCUT2D eigenvalue weighted by Gasteiger charge is -2.09. The second-order valence-electron chi connectivity index (χ2n) is 6.11. The Balaban J connectivity index is 2.55. The number of carbonyl (C=O) groups excluding carboxylic acids is 2. The summed E-state index contributed by atoms with van der Waals surface area (Å²) < 4.78 is 1.76. The van der Waals surface area contributed by atoms with E-state index in [9.17, 15) is 9.59 Å². The van der Waals surface area contributed by atoms with Crippen LogP contribution in [0.5, 0.6) is 0 Å². The number of halogens is 2. The molecule has 0 unspecified atom stereocenters. The molecule has 0 aliphatic rings. The molecule has 1 heterocycles. The number of hydrogen-bond acceptors (Lipinski definition) is 3. The van der Waals surface area contributed by atoms with E-state index < -0.39 is 0 Å². The fraction of sp³-hybridized carbons (Fsp3) is 0.333. The SMILES string of the molecule is Cc1c(C(=O)CN(C)C)c(C)n(C)c1C(=O)c1ccc(Cl)cc1Cl. The summed E-state index contributed by atoms with van der Waals surface area (Å²) in [5.41, 5.74) is 2.89. The molecular weight excluding hydrogens is 347 g/mol. The van der Waals surface area contributed by atoms with Gasteiger partial charge in [0.05, 0.1) is 17.3 Å². The second kappa shape index (κ2) is 7.09. The van der Waals surface area contributed by atoms with Gasteiger partial charge in [-0.15, -0.1) is 0 Å². The summed E-state index contributed by atoms with van der Waals surface area (Å²) in [6.07, 6.45) is 0. The topological polar surface area (TPSA) is 42.3 Å². The highest BCUT2D eigenvalue weighted by Gasteiger charge is 2.26. The molecular formula is C18H20Cl2N2O2. The van der Waals surface area contributed by atoms with Gasteiger partial charge >= 0.3 is 0 Å². The van der Waals surface area contributed by atoms with E-state index in [1.165, 1.54) is 0 Å². The van der Waals surface area contributed by atoms with Gasteiger partial charge in [-0.2, -0.15) is 0 Å². The number of carbonyl (C=O) groups is 2. The van der Waals surface area contributed by atoms with E-state index >= 15 is 0 Å². The lowest BCUT2D eigenvalue weighted by atomic mass is 10.0. The Kier molecular flexibility index (Phi) is 5.53. The monoisotopic (exact) mass is 366 g/mol. The summed E-state index contributed by atoms with van der Waals surface area (Å²) >= 11 is 12.1. The first-order valence-electron chi connectivity index (χ1n) is 7.48. The number of nitrogens with zero attached hydrogens (tertiary/aromatic N) is 2. The summed E-state index contributed by atoms with van der Waals surface area (Å²) in [5.74, 6) is -0.226. The molecule has 0 aliphatic carbocycles. The molecule has 0 bridgehead atoms. The van der Waals surface area contributed by atoms with Crippen molar-refractivity contribution in [3.05, 3.63) is 56.3 Å². The molecule has 2 aromatic rings. The van der Waals surface area contributed by atoms with Crippen molar-refractivity contribution < 1.29 is 9.59 Å². The molecule has 0 saturated carbocycles. The average Bonchev–Trinajstić information content (AvgIpc) is 2.67. The van der Waals surface area contributed by atoms with Gasteiger partial charge in [0.25, 0.3) is 0 Å². The Bertz CT molecular complexity index is 823. The maximum Gasteiger partial charge on any atom is 0.211 e. The Labute approximate surface area is 152 Å². The average molecular weight is 367 g/mol. The van der Waals surface area contributed by atoms with Crippen LogP contribution < -0.4 is 0 Å². The van der Waals surface area contributed by atoms with Crippen LogP contribution in [0, 0.1) is 13.8 Å². The predicted molar refractivity (Wildman–Crippen MR) is 97.7 cm³/mol. The lowest BCUT2D eigenvalue weighted by Crippen LogP contribution is -2.22. The number of rotatable bonds is 5. The van der Waals surface area contributed by atoms with E-state index in [2.05, 4.69) is 0 Å². The molecule has 0 saturated heterocycles. The quantitative estimate of drug-likeness (QED) is 0.753. The van der Waals surface area contributed by atoms with Gasteiger partial charge in [-0.3, -0.25) is 9.59 Å². The second-order valence-corrected chi connectivity index (χ2v) is 6.95. The van der Waals surface area contributed by atoms with E-state index in [4.69, 9.17) is 23.2 Å². The van der Waals surface area contributed by atoms with E-state index in [1.54, 1.807) is 36.7 Å². The first-order chi connectivity index (χ1) is 11.1. The highest BCUT2D eigenvalue weighted by atomic mass is 35.5. The van der Waals surface area contributed by atoms with Crippen LogP contribution in [0.2, 0.25) is 10.0 Å². The number of Topliss-reactive ketones (excluding diaryl/α,β-unsaturated/α-hetero) is 1. The van der Waals surface area contributed by atoms with Crippen LogP contribution >= 0.6 is 23.2 Å². The van der Waals surface area contributed by atoms with E-state index in [0.717, 1.165) is 5.69 Å².